The number of hydrogen-bond acceptors (Lipinski definition) is 5. The topological polar surface area (TPSA) is 64.4 Å². The van der Waals surface area contributed by atoms with Gasteiger partial charge in [-0.25, -0.2) is 4.98 Å². The van der Waals surface area contributed by atoms with Crippen LogP contribution in [0, 0.1) is 0 Å². The van der Waals surface area contributed by atoms with Crippen molar-refractivity contribution < 1.29 is 9.53 Å². The maximum absolute atomic E-state index is 13.7. The molecule has 1 aromatic heterocycles. The van der Waals surface area contributed by atoms with Crippen LogP contribution in [0.5, 0.6) is 0 Å². The summed E-state index contributed by atoms with van der Waals surface area (Å²) in [4.78, 5) is 32.0. The summed E-state index contributed by atoms with van der Waals surface area (Å²) in [7, 11) is 1.66. The number of benzene rings is 1. The third kappa shape index (κ3) is 3.42. The standard InChI is InChI=1S/C22H25N3O3S/c1-3-9-25-20(27)18-19(23-21(25)29-12-11-28-2)17-7-5-4-6-16(17)13-22(18)8-10-24(14-22)15-26/h3-7,15H,1,8-14H2,2H3. The van der Waals surface area contributed by atoms with E-state index in [0.717, 1.165) is 36.1 Å². The van der Waals surface area contributed by atoms with Crippen molar-refractivity contribution in [3.8, 4) is 11.3 Å². The van der Waals surface area contributed by atoms with E-state index < -0.39 is 0 Å². The molecule has 1 aliphatic carbocycles. The molecule has 4 rings (SSSR count). The van der Waals surface area contributed by atoms with E-state index in [4.69, 9.17) is 9.72 Å². The Morgan fingerprint density at radius 1 is 1.38 bits per heavy atom. The molecule has 0 radical (unpaired) electrons. The van der Waals surface area contributed by atoms with E-state index >= 15 is 0 Å². The second-order valence-corrected chi connectivity index (χ2v) is 8.67. The lowest BCUT2D eigenvalue weighted by Gasteiger charge is -2.36. The van der Waals surface area contributed by atoms with Gasteiger partial charge in [0.1, 0.15) is 0 Å². The van der Waals surface area contributed by atoms with Gasteiger partial charge in [0.05, 0.1) is 17.9 Å². The Kier molecular flexibility index (Phi) is 5.61. The van der Waals surface area contributed by atoms with Gasteiger partial charge in [0, 0.05) is 43.5 Å². The van der Waals surface area contributed by atoms with Crippen LogP contribution in [0.3, 0.4) is 0 Å². The molecule has 1 atom stereocenters. The number of carbonyl (C=O) groups excluding carboxylic acids is 1. The van der Waals surface area contributed by atoms with Crippen LogP contribution in [0.4, 0.5) is 0 Å². The van der Waals surface area contributed by atoms with Crippen LogP contribution < -0.4 is 5.56 Å². The van der Waals surface area contributed by atoms with E-state index in [1.165, 1.54) is 17.3 Å². The molecule has 2 heterocycles. The first-order chi connectivity index (χ1) is 14.1. The normalized spacial score (nSPS) is 19.8. The maximum atomic E-state index is 13.7. The Hall–Kier alpha value is -2.38. The maximum Gasteiger partial charge on any atom is 0.258 e. The highest BCUT2D eigenvalue weighted by Crippen LogP contribution is 2.45. The van der Waals surface area contributed by atoms with Gasteiger partial charge in [-0.2, -0.15) is 0 Å². The average Bonchev–Trinajstić information content (AvgIpc) is 3.14. The number of carbonyl (C=O) groups is 1. The lowest BCUT2D eigenvalue weighted by atomic mass is 9.69. The third-order valence-electron chi connectivity index (χ3n) is 5.83. The summed E-state index contributed by atoms with van der Waals surface area (Å²) in [5.41, 5.74) is 3.33. The number of likely N-dealkylation sites (tertiary alicyclic amines) is 1. The average molecular weight is 412 g/mol. The molecule has 1 unspecified atom stereocenters. The minimum absolute atomic E-state index is 0.0166. The Morgan fingerprint density at radius 3 is 2.93 bits per heavy atom. The zero-order chi connectivity index (χ0) is 20.4. The first kappa shape index (κ1) is 19.9. The van der Waals surface area contributed by atoms with Crippen molar-refractivity contribution >= 4 is 18.2 Å². The molecule has 0 N–H and O–H groups in total. The Balaban J connectivity index is 1.93. The van der Waals surface area contributed by atoms with Crippen LogP contribution in [-0.2, 0) is 27.9 Å². The van der Waals surface area contributed by atoms with Crippen LogP contribution in [0.2, 0.25) is 0 Å². The van der Waals surface area contributed by atoms with E-state index in [1.54, 1.807) is 22.7 Å². The van der Waals surface area contributed by atoms with Crippen LogP contribution in [0.25, 0.3) is 11.3 Å². The molecular weight excluding hydrogens is 386 g/mol. The first-order valence-electron chi connectivity index (χ1n) is 9.79. The third-order valence-corrected chi connectivity index (χ3v) is 6.77. The summed E-state index contributed by atoms with van der Waals surface area (Å²) < 4.78 is 6.88. The number of fused-ring (bicyclic) bond motifs is 4. The Morgan fingerprint density at radius 2 is 2.21 bits per heavy atom. The fourth-order valence-electron chi connectivity index (χ4n) is 4.53. The number of thioether (sulfide) groups is 1. The highest BCUT2D eigenvalue weighted by atomic mass is 32.2. The van der Waals surface area contributed by atoms with E-state index in [0.29, 0.717) is 37.2 Å². The van der Waals surface area contributed by atoms with E-state index in [2.05, 4.69) is 12.6 Å². The largest absolute Gasteiger partial charge is 0.384 e. The van der Waals surface area contributed by atoms with Crippen LogP contribution in [0.15, 0.2) is 46.9 Å². The van der Waals surface area contributed by atoms with Crippen molar-refractivity contribution in [1.82, 2.24) is 14.5 Å². The summed E-state index contributed by atoms with van der Waals surface area (Å²) in [5.74, 6) is 0.713. The van der Waals surface area contributed by atoms with Gasteiger partial charge in [-0.3, -0.25) is 14.2 Å². The van der Waals surface area contributed by atoms with E-state index in [9.17, 15) is 9.59 Å². The van der Waals surface area contributed by atoms with Gasteiger partial charge in [-0.1, -0.05) is 42.1 Å². The fraction of sp³-hybridized carbons (Fsp3) is 0.409. The van der Waals surface area contributed by atoms with Crippen molar-refractivity contribution in [3.05, 3.63) is 58.4 Å². The molecule has 2 aromatic rings. The summed E-state index contributed by atoms with van der Waals surface area (Å²) in [5, 5.41) is 0.683. The molecule has 1 fully saturated rings. The number of amides is 1. The van der Waals surface area contributed by atoms with Crippen molar-refractivity contribution in [2.24, 2.45) is 0 Å². The second-order valence-electron chi connectivity index (χ2n) is 7.60. The number of hydrogen-bond donors (Lipinski definition) is 0. The molecule has 0 bridgehead atoms. The lowest BCUT2D eigenvalue weighted by Crippen LogP contribution is -2.43. The predicted octanol–water partition coefficient (Wildman–Crippen LogP) is 2.49. The number of allylic oxidation sites excluding steroid dienone is 1. The van der Waals surface area contributed by atoms with Crippen molar-refractivity contribution in [3.63, 3.8) is 0 Å². The van der Waals surface area contributed by atoms with Crippen LogP contribution >= 0.6 is 11.8 Å². The monoisotopic (exact) mass is 411 g/mol. The lowest BCUT2D eigenvalue weighted by molar-refractivity contribution is -0.117. The summed E-state index contributed by atoms with van der Waals surface area (Å²) >= 11 is 1.52. The minimum Gasteiger partial charge on any atom is -0.384 e. The molecular formula is C22H25N3O3S. The number of ether oxygens (including phenoxy) is 1. The molecule has 6 nitrogen and oxygen atoms in total. The summed E-state index contributed by atoms with van der Waals surface area (Å²) in [6.45, 7) is 6.03. The van der Waals surface area contributed by atoms with Crippen LogP contribution in [-0.4, -0.2) is 53.4 Å². The van der Waals surface area contributed by atoms with E-state index in [1.807, 2.05) is 18.2 Å². The van der Waals surface area contributed by atoms with Crippen molar-refractivity contribution in [1.29, 1.82) is 0 Å². The molecule has 1 aromatic carbocycles. The number of nitrogens with zero attached hydrogens (tertiary/aromatic N) is 3. The molecule has 7 heteroatoms. The van der Waals surface area contributed by atoms with Crippen LogP contribution in [0.1, 0.15) is 17.5 Å². The highest BCUT2D eigenvalue weighted by Gasteiger charge is 2.47. The van der Waals surface area contributed by atoms with Gasteiger partial charge in [0.25, 0.3) is 5.56 Å². The van der Waals surface area contributed by atoms with E-state index in [-0.39, 0.29) is 11.0 Å². The number of aromatic nitrogens is 2. The zero-order valence-electron chi connectivity index (χ0n) is 16.6. The molecule has 1 amide bonds. The van der Waals surface area contributed by atoms with Gasteiger partial charge < -0.3 is 9.64 Å². The minimum atomic E-state index is -0.382. The van der Waals surface area contributed by atoms with Gasteiger partial charge in [-0.05, 0) is 18.4 Å². The van der Waals surface area contributed by atoms with Gasteiger partial charge in [0.2, 0.25) is 6.41 Å². The molecule has 29 heavy (non-hydrogen) atoms. The smallest absolute Gasteiger partial charge is 0.258 e. The number of rotatable bonds is 7. The Bertz CT molecular complexity index is 1000. The quantitative estimate of drug-likeness (QED) is 0.230. The molecule has 1 aliphatic heterocycles. The first-order valence-corrected chi connectivity index (χ1v) is 10.8. The molecule has 0 saturated carbocycles. The zero-order valence-corrected chi connectivity index (χ0v) is 17.4. The second kappa shape index (κ2) is 8.16. The molecule has 1 spiro atoms. The predicted molar refractivity (Wildman–Crippen MR) is 114 cm³/mol. The number of methoxy groups -OCH3 is 1. The fourth-order valence-corrected chi connectivity index (χ4v) is 5.43. The Labute approximate surface area is 174 Å². The molecule has 152 valence electrons. The summed E-state index contributed by atoms with van der Waals surface area (Å²) in [6.07, 6.45) is 4.14. The molecule has 2 aliphatic rings. The highest BCUT2D eigenvalue weighted by molar-refractivity contribution is 7.99. The summed E-state index contributed by atoms with van der Waals surface area (Å²) in [6, 6.07) is 8.17. The SMILES string of the molecule is C=CCn1c(SCCOC)nc2c(c1=O)C1(CCN(C=O)C1)Cc1ccccc1-2. The van der Waals surface area contributed by atoms with Gasteiger partial charge in [0.15, 0.2) is 5.16 Å². The molecule has 1 saturated heterocycles. The van der Waals surface area contributed by atoms with Crippen molar-refractivity contribution in [2.45, 2.75) is 30.0 Å². The van der Waals surface area contributed by atoms with Gasteiger partial charge in [-0.15, -0.1) is 6.58 Å². The van der Waals surface area contributed by atoms with Crippen molar-refractivity contribution in [2.75, 3.05) is 32.6 Å². The van der Waals surface area contributed by atoms with Gasteiger partial charge >= 0.3 is 0 Å².